The van der Waals surface area contributed by atoms with Crippen LogP contribution in [-0.2, 0) is 9.59 Å². The second-order valence-electron chi connectivity index (χ2n) is 10.2. The fourth-order valence-electron chi connectivity index (χ4n) is 4.95. The molecule has 1 saturated heterocycles. The molecule has 2 aromatic heterocycles. The van der Waals surface area contributed by atoms with Crippen LogP contribution < -0.4 is 5.32 Å². The molecule has 1 N–H and O–H groups in total. The van der Waals surface area contributed by atoms with Crippen molar-refractivity contribution in [2.75, 3.05) is 18.4 Å². The number of nitrogens with one attached hydrogen (secondary N) is 1. The van der Waals surface area contributed by atoms with Crippen molar-refractivity contribution >= 4 is 17.5 Å². The Morgan fingerprint density at radius 1 is 1.11 bits per heavy atom. The summed E-state index contributed by atoms with van der Waals surface area (Å²) in [7, 11) is 0. The predicted molar refractivity (Wildman–Crippen MR) is 133 cm³/mol. The zero-order chi connectivity index (χ0) is 24.9. The zero-order valence-corrected chi connectivity index (χ0v) is 21.0. The topological polar surface area (TPSA) is 97.9 Å². The number of aromatic nitrogens is 5. The maximum atomic E-state index is 13.5. The molecule has 9 nitrogen and oxygen atoms in total. The van der Waals surface area contributed by atoms with Gasteiger partial charge in [-0.15, -0.1) is 10.2 Å². The van der Waals surface area contributed by atoms with E-state index in [1.165, 1.54) is 0 Å². The van der Waals surface area contributed by atoms with Gasteiger partial charge in [0.15, 0.2) is 5.82 Å². The van der Waals surface area contributed by atoms with E-state index in [0.29, 0.717) is 19.1 Å². The number of hydrogen-bond acceptors (Lipinski definition) is 5. The van der Waals surface area contributed by atoms with Gasteiger partial charge in [0.1, 0.15) is 5.82 Å². The third-order valence-electron chi connectivity index (χ3n) is 7.10. The smallest absolute Gasteiger partial charge is 0.230 e. The lowest BCUT2D eigenvalue weighted by Crippen LogP contribution is -2.31. The van der Waals surface area contributed by atoms with E-state index in [4.69, 9.17) is 0 Å². The summed E-state index contributed by atoms with van der Waals surface area (Å²) in [6.45, 7) is 10.6. The number of carbonyl (C=O) groups excluding carboxylic acids is 2. The van der Waals surface area contributed by atoms with Crippen LogP contribution in [0, 0.1) is 19.8 Å². The Kier molecular flexibility index (Phi) is 5.94. The Bertz CT molecular complexity index is 1270. The van der Waals surface area contributed by atoms with E-state index >= 15 is 0 Å². The molecular formula is C26H33N7O2. The molecule has 1 aromatic carbocycles. The lowest BCUT2D eigenvalue weighted by atomic mass is 9.93. The number of aryl methyl sites for hydroxylation is 2. The average molecular weight is 476 g/mol. The molecule has 184 valence electrons. The summed E-state index contributed by atoms with van der Waals surface area (Å²) in [6, 6.07) is 6.54. The van der Waals surface area contributed by atoms with Gasteiger partial charge in [0.05, 0.1) is 23.6 Å². The van der Waals surface area contributed by atoms with Crippen molar-refractivity contribution in [2.45, 2.75) is 65.5 Å². The van der Waals surface area contributed by atoms with Gasteiger partial charge in [-0.05, 0) is 52.2 Å². The van der Waals surface area contributed by atoms with Gasteiger partial charge in [-0.1, -0.05) is 17.7 Å². The summed E-state index contributed by atoms with van der Waals surface area (Å²) < 4.78 is 4.10. The number of hydrogen-bond donors (Lipinski definition) is 1. The molecule has 2 atom stereocenters. The fraction of sp³-hybridized carbons (Fsp3) is 0.500. The maximum absolute atomic E-state index is 13.5. The number of amides is 2. The third-order valence-corrected chi connectivity index (χ3v) is 7.10. The van der Waals surface area contributed by atoms with Gasteiger partial charge in [0.2, 0.25) is 11.8 Å². The largest absolute Gasteiger partial charge is 0.341 e. The number of anilines is 1. The number of benzene rings is 1. The summed E-state index contributed by atoms with van der Waals surface area (Å²) in [4.78, 5) is 27.6. The van der Waals surface area contributed by atoms with Crippen LogP contribution in [0.2, 0.25) is 0 Å². The van der Waals surface area contributed by atoms with Crippen molar-refractivity contribution in [1.82, 2.24) is 29.4 Å². The second kappa shape index (κ2) is 8.94. The van der Waals surface area contributed by atoms with Gasteiger partial charge in [-0.3, -0.25) is 14.3 Å². The number of rotatable bonds is 6. The van der Waals surface area contributed by atoms with Gasteiger partial charge in [0.25, 0.3) is 0 Å². The molecule has 0 spiro atoms. The highest BCUT2D eigenvalue weighted by molar-refractivity contribution is 5.94. The van der Waals surface area contributed by atoms with Crippen molar-refractivity contribution in [1.29, 1.82) is 0 Å². The minimum Gasteiger partial charge on any atom is -0.341 e. The molecule has 0 radical (unpaired) electrons. The summed E-state index contributed by atoms with van der Waals surface area (Å²) in [5.41, 5.74) is 3.88. The maximum Gasteiger partial charge on any atom is 0.230 e. The molecule has 2 aliphatic rings. The van der Waals surface area contributed by atoms with Crippen LogP contribution in [0.25, 0.3) is 11.4 Å². The number of likely N-dealkylation sites (tertiary alicyclic amines) is 1. The lowest BCUT2D eigenvalue weighted by molar-refractivity contribution is -0.128. The van der Waals surface area contributed by atoms with Gasteiger partial charge in [0, 0.05) is 44.0 Å². The molecule has 0 bridgehead atoms. The van der Waals surface area contributed by atoms with Gasteiger partial charge < -0.3 is 14.8 Å². The Morgan fingerprint density at radius 3 is 2.51 bits per heavy atom. The molecule has 2 amide bonds. The minimum atomic E-state index is -0.410. The first-order valence-corrected chi connectivity index (χ1v) is 12.4. The van der Waals surface area contributed by atoms with Crippen molar-refractivity contribution in [3.63, 3.8) is 0 Å². The van der Waals surface area contributed by atoms with Crippen molar-refractivity contribution in [3.8, 4) is 11.4 Å². The number of carbonyl (C=O) groups is 2. The molecule has 1 saturated carbocycles. The Hall–Kier alpha value is -3.49. The van der Waals surface area contributed by atoms with Crippen LogP contribution in [0.3, 0.4) is 0 Å². The van der Waals surface area contributed by atoms with Crippen LogP contribution in [0.5, 0.6) is 0 Å². The predicted octanol–water partition coefficient (Wildman–Crippen LogP) is 3.87. The van der Waals surface area contributed by atoms with E-state index in [1.807, 2.05) is 43.1 Å². The normalized spacial score (nSPS) is 20.0. The molecule has 1 aliphatic carbocycles. The fourth-order valence-corrected chi connectivity index (χ4v) is 4.95. The highest BCUT2D eigenvalue weighted by Crippen LogP contribution is 2.43. The van der Waals surface area contributed by atoms with Crippen LogP contribution in [0.1, 0.15) is 68.6 Å². The highest BCUT2D eigenvalue weighted by atomic mass is 16.2. The molecule has 35 heavy (non-hydrogen) atoms. The molecule has 1 aliphatic heterocycles. The Morgan fingerprint density at radius 2 is 1.89 bits per heavy atom. The van der Waals surface area contributed by atoms with E-state index < -0.39 is 5.92 Å². The van der Waals surface area contributed by atoms with Crippen molar-refractivity contribution in [3.05, 3.63) is 47.5 Å². The van der Waals surface area contributed by atoms with Gasteiger partial charge >= 0.3 is 0 Å². The zero-order valence-electron chi connectivity index (χ0n) is 21.0. The molecule has 0 unspecified atom stereocenters. The van der Waals surface area contributed by atoms with E-state index in [-0.39, 0.29) is 23.8 Å². The Balaban J connectivity index is 1.49. The first kappa shape index (κ1) is 23.3. The first-order chi connectivity index (χ1) is 16.7. The van der Waals surface area contributed by atoms with E-state index in [9.17, 15) is 9.59 Å². The van der Waals surface area contributed by atoms with E-state index in [0.717, 1.165) is 46.9 Å². The summed E-state index contributed by atoms with van der Waals surface area (Å²) in [6.07, 6.45) is 5.93. The highest BCUT2D eigenvalue weighted by Gasteiger charge is 2.44. The van der Waals surface area contributed by atoms with Crippen LogP contribution in [0.4, 0.5) is 5.69 Å². The third kappa shape index (κ3) is 4.47. The quantitative estimate of drug-likeness (QED) is 0.584. The Labute approximate surface area is 205 Å². The van der Waals surface area contributed by atoms with Crippen LogP contribution >= 0.6 is 0 Å². The second-order valence-corrected chi connectivity index (χ2v) is 10.2. The first-order valence-electron chi connectivity index (χ1n) is 12.4. The lowest BCUT2D eigenvalue weighted by Gasteiger charge is -2.19. The minimum absolute atomic E-state index is 0.0345. The van der Waals surface area contributed by atoms with E-state index in [2.05, 4.69) is 45.1 Å². The summed E-state index contributed by atoms with van der Waals surface area (Å²) in [5, 5.41) is 16.8. The monoisotopic (exact) mass is 475 g/mol. The molecule has 9 heteroatoms. The SMILES string of the molecule is CC(=O)N1C[C@H](C(=O)Nc2ccc(C)cc2C)[C@@H](c2nnc(-c3cnn(C(C)C)c3)n2C2CC2)C1. The summed E-state index contributed by atoms with van der Waals surface area (Å²) >= 11 is 0. The molecule has 3 aromatic rings. The van der Waals surface area contributed by atoms with Crippen LogP contribution in [-0.4, -0.2) is 54.3 Å². The van der Waals surface area contributed by atoms with Gasteiger partial charge in [-0.25, -0.2) is 0 Å². The number of nitrogens with zero attached hydrogens (tertiary/aromatic N) is 6. The van der Waals surface area contributed by atoms with Crippen molar-refractivity contribution in [2.24, 2.45) is 5.92 Å². The van der Waals surface area contributed by atoms with E-state index in [1.54, 1.807) is 11.8 Å². The summed E-state index contributed by atoms with van der Waals surface area (Å²) in [5.74, 6) is 0.797. The average Bonchev–Trinajstić information content (AvgIpc) is 3.22. The van der Waals surface area contributed by atoms with Crippen LogP contribution in [0.15, 0.2) is 30.6 Å². The van der Waals surface area contributed by atoms with Gasteiger partial charge in [-0.2, -0.15) is 5.10 Å². The van der Waals surface area contributed by atoms with Crippen molar-refractivity contribution < 1.29 is 9.59 Å². The standard InChI is InChI=1S/C26H33N7O2/c1-15(2)32-12-19(11-27-32)24-29-30-25(33(24)20-7-8-20)21-13-31(18(5)34)14-22(21)26(35)28-23-9-6-16(3)10-17(23)4/h6,9-12,15,20-22H,7-8,13-14H2,1-5H3,(H,28,35)/t21-,22-/m0/s1. The molecular weight excluding hydrogens is 442 g/mol. The molecule has 2 fully saturated rings. The molecule has 3 heterocycles. The molecule has 5 rings (SSSR count).